The maximum absolute atomic E-state index is 6.09. The van der Waals surface area contributed by atoms with Crippen LogP contribution in [0.2, 0.25) is 0 Å². The summed E-state index contributed by atoms with van der Waals surface area (Å²) in [4.78, 5) is 21.5. The van der Waals surface area contributed by atoms with Crippen molar-refractivity contribution in [1.29, 1.82) is 0 Å². The van der Waals surface area contributed by atoms with Gasteiger partial charge >= 0.3 is 0 Å². The van der Waals surface area contributed by atoms with Gasteiger partial charge < -0.3 is 20.9 Å². The fraction of sp³-hybridized carbons (Fsp3) is 0.375. The number of pyridine rings is 1. The molecule has 1 fully saturated rings. The number of rotatable bonds is 5. The molecule has 24 heavy (non-hydrogen) atoms. The highest BCUT2D eigenvalue weighted by Gasteiger charge is 2.19. The van der Waals surface area contributed by atoms with Gasteiger partial charge in [-0.1, -0.05) is 6.07 Å². The number of nitrogens with one attached hydrogen (secondary N) is 1. The van der Waals surface area contributed by atoms with E-state index in [2.05, 4.69) is 35.1 Å². The Bertz CT molecular complexity index is 638. The quantitative estimate of drug-likeness (QED) is 0.467. The minimum atomic E-state index is 0.589. The van der Waals surface area contributed by atoms with Crippen LogP contribution in [0.1, 0.15) is 0 Å². The molecule has 126 valence electrons. The summed E-state index contributed by atoms with van der Waals surface area (Å²) in [5.41, 5.74) is 6.09. The Morgan fingerprint density at radius 3 is 2.50 bits per heavy atom. The van der Waals surface area contributed by atoms with Crippen LogP contribution >= 0.6 is 0 Å². The van der Waals surface area contributed by atoms with E-state index in [1.165, 1.54) is 0 Å². The first kappa shape index (κ1) is 16.0. The Morgan fingerprint density at radius 2 is 1.79 bits per heavy atom. The molecule has 2 aromatic rings. The SMILES string of the molecule is NC(=NCCNc1ccccn1)N1CCN(c2ncccn2)CC1. The molecule has 3 rings (SSSR count). The molecule has 3 N–H and O–H groups in total. The summed E-state index contributed by atoms with van der Waals surface area (Å²) >= 11 is 0. The normalized spacial score (nSPS) is 15.4. The zero-order valence-corrected chi connectivity index (χ0v) is 13.5. The molecule has 0 radical (unpaired) electrons. The molecule has 2 aromatic heterocycles. The smallest absolute Gasteiger partial charge is 0.225 e. The van der Waals surface area contributed by atoms with E-state index in [0.29, 0.717) is 19.0 Å². The Morgan fingerprint density at radius 1 is 1.04 bits per heavy atom. The highest BCUT2D eigenvalue weighted by molar-refractivity contribution is 5.78. The lowest BCUT2D eigenvalue weighted by molar-refractivity contribution is 0.378. The zero-order chi connectivity index (χ0) is 16.6. The van der Waals surface area contributed by atoms with Gasteiger partial charge in [-0.2, -0.15) is 0 Å². The van der Waals surface area contributed by atoms with Gasteiger partial charge in [-0.25, -0.2) is 15.0 Å². The van der Waals surface area contributed by atoms with E-state index in [9.17, 15) is 0 Å². The van der Waals surface area contributed by atoms with E-state index >= 15 is 0 Å². The van der Waals surface area contributed by atoms with Gasteiger partial charge in [0.15, 0.2) is 5.96 Å². The van der Waals surface area contributed by atoms with Gasteiger partial charge in [0.2, 0.25) is 5.95 Å². The van der Waals surface area contributed by atoms with Crippen LogP contribution in [0.25, 0.3) is 0 Å². The van der Waals surface area contributed by atoms with E-state index in [-0.39, 0.29) is 0 Å². The van der Waals surface area contributed by atoms with Crippen molar-refractivity contribution in [3.05, 3.63) is 42.9 Å². The fourth-order valence-corrected chi connectivity index (χ4v) is 2.51. The topological polar surface area (TPSA) is 95.6 Å². The molecule has 0 aromatic carbocycles. The van der Waals surface area contributed by atoms with Gasteiger partial charge in [0.1, 0.15) is 5.82 Å². The molecule has 1 aliphatic rings. The van der Waals surface area contributed by atoms with Crippen LogP contribution in [0.3, 0.4) is 0 Å². The number of nitrogens with two attached hydrogens (primary N) is 1. The minimum absolute atomic E-state index is 0.589. The Kier molecular flexibility index (Phi) is 5.39. The number of hydrogen-bond acceptors (Lipinski definition) is 6. The number of hydrogen-bond donors (Lipinski definition) is 2. The second kappa shape index (κ2) is 8.09. The van der Waals surface area contributed by atoms with Crippen LogP contribution in [-0.2, 0) is 0 Å². The molecule has 8 nitrogen and oxygen atoms in total. The van der Waals surface area contributed by atoms with Crippen LogP contribution in [0, 0.1) is 0 Å². The third-order valence-electron chi connectivity index (χ3n) is 3.80. The monoisotopic (exact) mass is 326 g/mol. The number of piperazine rings is 1. The first-order valence-electron chi connectivity index (χ1n) is 8.04. The first-order valence-corrected chi connectivity index (χ1v) is 8.04. The fourth-order valence-electron chi connectivity index (χ4n) is 2.51. The minimum Gasteiger partial charge on any atom is -0.370 e. The van der Waals surface area contributed by atoms with Gasteiger partial charge in [0, 0.05) is 51.3 Å². The molecule has 0 unspecified atom stereocenters. The van der Waals surface area contributed by atoms with Crippen molar-refractivity contribution in [3.63, 3.8) is 0 Å². The van der Waals surface area contributed by atoms with Crippen LogP contribution in [-0.4, -0.2) is 65.1 Å². The Labute approximate surface area is 141 Å². The Hall–Kier alpha value is -2.90. The molecule has 3 heterocycles. The van der Waals surface area contributed by atoms with Crippen molar-refractivity contribution >= 4 is 17.7 Å². The molecule has 0 amide bonds. The van der Waals surface area contributed by atoms with Gasteiger partial charge in [0.25, 0.3) is 0 Å². The van der Waals surface area contributed by atoms with Crippen LogP contribution in [0.15, 0.2) is 47.8 Å². The first-order chi connectivity index (χ1) is 11.8. The molecular formula is C16H22N8. The maximum atomic E-state index is 6.09. The van der Waals surface area contributed by atoms with E-state index in [4.69, 9.17) is 5.73 Å². The van der Waals surface area contributed by atoms with Crippen molar-refractivity contribution in [2.45, 2.75) is 0 Å². The molecule has 0 aliphatic carbocycles. The summed E-state index contributed by atoms with van der Waals surface area (Å²) in [6.45, 7) is 4.64. The molecule has 0 spiro atoms. The number of nitrogens with zero attached hydrogens (tertiary/aromatic N) is 6. The van der Waals surface area contributed by atoms with E-state index in [1.807, 2.05) is 24.3 Å². The van der Waals surface area contributed by atoms with Crippen molar-refractivity contribution in [1.82, 2.24) is 19.9 Å². The average Bonchev–Trinajstić information content (AvgIpc) is 2.67. The highest BCUT2D eigenvalue weighted by atomic mass is 15.4. The van der Waals surface area contributed by atoms with Crippen molar-refractivity contribution in [2.75, 3.05) is 49.5 Å². The molecule has 0 bridgehead atoms. The Balaban J connectivity index is 1.42. The second-order valence-corrected chi connectivity index (χ2v) is 5.40. The second-order valence-electron chi connectivity index (χ2n) is 5.40. The lowest BCUT2D eigenvalue weighted by Crippen LogP contribution is -2.51. The third kappa shape index (κ3) is 4.31. The number of guanidine groups is 1. The molecule has 0 atom stereocenters. The number of anilines is 2. The number of aliphatic imine (C=N–C) groups is 1. The molecular weight excluding hydrogens is 304 g/mol. The lowest BCUT2D eigenvalue weighted by Gasteiger charge is -2.35. The summed E-state index contributed by atoms with van der Waals surface area (Å²) in [6, 6.07) is 7.59. The van der Waals surface area contributed by atoms with E-state index in [1.54, 1.807) is 18.6 Å². The van der Waals surface area contributed by atoms with E-state index in [0.717, 1.165) is 37.9 Å². The van der Waals surface area contributed by atoms with Gasteiger partial charge in [-0.3, -0.25) is 4.99 Å². The average molecular weight is 326 g/mol. The van der Waals surface area contributed by atoms with Crippen molar-refractivity contribution < 1.29 is 0 Å². The highest BCUT2D eigenvalue weighted by Crippen LogP contribution is 2.09. The molecule has 8 heteroatoms. The molecule has 0 saturated carbocycles. The summed E-state index contributed by atoms with van der Waals surface area (Å²) in [5, 5.41) is 3.21. The van der Waals surface area contributed by atoms with Gasteiger partial charge in [0.05, 0.1) is 6.54 Å². The van der Waals surface area contributed by atoms with Crippen molar-refractivity contribution in [3.8, 4) is 0 Å². The van der Waals surface area contributed by atoms with E-state index < -0.39 is 0 Å². The molecule has 1 aliphatic heterocycles. The van der Waals surface area contributed by atoms with Crippen LogP contribution < -0.4 is 16.0 Å². The zero-order valence-electron chi connectivity index (χ0n) is 13.5. The summed E-state index contributed by atoms with van der Waals surface area (Å²) in [6.07, 6.45) is 5.29. The predicted octanol–water partition coefficient (Wildman–Crippen LogP) is 0.420. The standard InChI is InChI=1S/C16H22N8/c17-15(20-9-8-19-14-4-1-2-5-18-14)23-10-12-24(13-11-23)16-21-6-3-7-22-16/h1-7H,8-13H2,(H2,17,20)(H,18,19). The van der Waals surface area contributed by atoms with Gasteiger partial charge in [-0.05, 0) is 18.2 Å². The van der Waals surface area contributed by atoms with Gasteiger partial charge in [-0.15, -0.1) is 0 Å². The van der Waals surface area contributed by atoms with Crippen LogP contribution in [0.4, 0.5) is 11.8 Å². The van der Waals surface area contributed by atoms with Crippen molar-refractivity contribution in [2.24, 2.45) is 10.7 Å². The summed E-state index contributed by atoms with van der Waals surface area (Å²) in [5.74, 6) is 2.21. The number of aromatic nitrogens is 3. The largest absolute Gasteiger partial charge is 0.370 e. The van der Waals surface area contributed by atoms with Crippen LogP contribution in [0.5, 0.6) is 0 Å². The lowest BCUT2D eigenvalue weighted by atomic mass is 10.3. The predicted molar refractivity (Wildman–Crippen MR) is 95.0 cm³/mol. The summed E-state index contributed by atoms with van der Waals surface area (Å²) < 4.78 is 0. The molecule has 1 saturated heterocycles. The summed E-state index contributed by atoms with van der Waals surface area (Å²) in [7, 11) is 0. The maximum Gasteiger partial charge on any atom is 0.225 e. The third-order valence-corrected chi connectivity index (χ3v) is 3.80.